The van der Waals surface area contributed by atoms with Crippen molar-refractivity contribution in [2.75, 3.05) is 0 Å². The standard InChI is InChI=1S/C14H10BrFN4O/c15-12-7-10(14-17-19-20-18-14)4-5-13(12)21-8-9-2-1-3-11(16)6-9/h1-7H,8H2,(H,17,18,19,20). The quantitative estimate of drug-likeness (QED) is 0.785. The van der Waals surface area contributed by atoms with Gasteiger partial charge in [-0.1, -0.05) is 12.1 Å². The Bertz CT molecular complexity index is 748. The minimum atomic E-state index is -0.275. The predicted octanol–water partition coefficient (Wildman–Crippen LogP) is 3.35. The second-order valence-corrected chi connectivity index (χ2v) is 5.15. The monoisotopic (exact) mass is 348 g/mol. The van der Waals surface area contributed by atoms with Gasteiger partial charge in [-0.3, -0.25) is 0 Å². The lowest BCUT2D eigenvalue weighted by Gasteiger charge is -2.09. The number of hydrogen-bond donors (Lipinski definition) is 1. The molecule has 0 fully saturated rings. The van der Waals surface area contributed by atoms with Crippen molar-refractivity contribution < 1.29 is 9.13 Å². The third kappa shape index (κ3) is 3.25. The molecule has 1 heterocycles. The first-order valence-corrected chi connectivity index (χ1v) is 6.92. The van der Waals surface area contributed by atoms with E-state index in [4.69, 9.17) is 4.74 Å². The van der Waals surface area contributed by atoms with Gasteiger partial charge in [-0.25, -0.2) is 4.39 Å². The first-order chi connectivity index (χ1) is 10.2. The average Bonchev–Trinajstić information content (AvgIpc) is 3.00. The Kier molecular flexibility index (Phi) is 3.92. The molecule has 0 radical (unpaired) electrons. The van der Waals surface area contributed by atoms with Gasteiger partial charge >= 0.3 is 0 Å². The maximum Gasteiger partial charge on any atom is 0.204 e. The molecule has 0 saturated heterocycles. The Balaban J connectivity index is 1.74. The summed E-state index contributed by atoms with van der Waals surface area (Å²) in [7, 11) is 0. The molecule has 0 saturated carbocycles. The van der Waals surface area contributed by atoms with Crippen LogP contribution in [-0.4, -0.2) is 20.6 Å². The van der Waals surface area contributed by atoms with Crippen LogP contribution in [0, 0.1) is 5.82 Å². The molecule has 0 atom stereocenters. The minimum absolute atomic E-state index is 0.275. The molecule has 106 valence electrons. The van der Waals surface area contributed by atoms with Gasteiger partial charge in [0, 0.05) is 5.56 Å². The van der Waals surface area contributed by atoms with E-state index >= 15 is 0 Å². The minimum Gasteiger partial charge on any atom is -0.488 e. The van der Waals surface area contributed by atoms with Crippen molar-refractivity contribution in [3.63, 3.8) is 0 Å². The van der Waals surface area contributed by atoms with Crippen LogP contribution in [0.1, 0.15) is 5.56 Å². The van der Waals surface area contributed by atoms with E-state index in [1.807, 2.05) is 18.2 Å². The van der Waals surface area contributed by atoms with Gasteiger partial charge in [0.15, 0.2) is 0 Å². The third-order valence-corrected chi connectivity index (χ3v) is 3.44. The third-order valence-electron chi connectivity index (χ3n) is 2.82. The van der Waals surface area contributed by atoms with Crippen molar-refractivity contribution in [3.05, 3.63) is 58.3 Å². The number of nitrogens with zero attached hydrogens (tertiary/aromatic N) is 3. The van der Waals surface area contributed by atoms with Crippen molar-refractivity contribution in [1.82, 2.24) is 20.6 Å². The molecule has 7 heteroatoms. The summed E-state index contributed by atoms with van der Waals surface area (Å²) < 4.78 is 19.5. The molecule has 0 bridgehead atoms. The number of rotatable bonds is 4. The molecule has 1 aromatic heterocycles. The fraction of sp³-hybridized carbons (Fsp3) is 0.0714. The largest absolute Gasteiger partial charge is 0.488 e. The number of nitrogens with one attached hydrogen (secondary N) is 1. The smallest absolute Gasteiger partial charge is 0.204 e. The van der Waals surface area contributed by atoms with E-state index in [-0.39, 0.29) is 12.4 Å². The zero-order valence-electron chi connectivity index (χ0n) is 10.8. The van der Waals surface area contributed by atoms with Crippen molar-refractivity contribution in [3.8, 4) is 17.1 Å². The van der Waals surface area contributed by atoms with Gasteiger partial charge in [-0.05, 0) is 57.0 Å². The summed E-state index contributed by atoms with van der Waals surface area (Å²) in [6.45, 7) is 0.290. The molecule has 0 spiro atoms. The summed E-state index contributed by atoms with van der Waals surface area (Å²) in [4.78, 5) is 0. The number of hydrogen-bond acceptors (Lipinski definition) is 4. The fourth-order valence-electron chi connectivity index (χ4n) is 1.83. The number of benzene rings is 2. The lowest BCUT2D eigenvalue weighted by Crippen LogP contribution is -1.96. The normalized spacial score (nSPS) is 10.6. The lowest BCUT2D eigenvalue weighted by atomic mass is 10.2. The number of tetrazole rings is 1. The maximum absolute atomic E-state index is 13.1. The Morgan fingerprint density at radius 3 is 2.81 bits per heavy atom. The van der Waals surface area contributed by atoms with E-state index in [1.54, 1.807) is 12.1 Å². The molecule has 0 amide bonds. The molecule has 21 heavy (non-hydrogen) atoms. The first kappa shape index (κ1) is 13.7. The Hall–Kier alpha value is -2.28. The van der Waals surface area contributed by atoms with E-state index in [1.165, 1.54) is 12.1 Å². The molecule has 0 aliphatic heterocycles. The maximum atomic E-state index is 13.1. The highest BCUT2D eigenvalue weighted by molar-refractivity contribution is 9.10. The summed E-state index contributed by atoms with van der Waals surface area (Å²) in [6.07, 6.45) is 0. The molecule has 0 aliphatic carbocycles. The number of aromatic nitrogens is 4. The summed E-state index contributed by atoms with van der Waals surface area (Å²) in [5, 5.41) is 13.7. The number of halogens is 2. The molecular weight excluding hydrogens is 339 g/mol. The molecule has 5 nitrogen and oxygen atoms in total. The van der Waals surface area contributed by atoms with Crippen LogP contribution in [0.2, 0.25) is 0 Å². The molecular formula is C14H10BrFN4O. The zero-order chi connectivity index (χ0) is 14.7. The summed E-state index contributed by atoms with van der Waals surface area (Å²) in [5.74, 6) is 0.890. The Morgan fingerprint density at radius 2 is 2.10 bits per heavy atom. The lowest BCUT2D eigenvalue weighted by molar-refractivity contribution is 0.303. The van der Waals surface area contributed by atoms with Crippen LogP contribution in [0.5, 0.6) is 5.75 Å². The van der Waals surface area contributed by atoms with E-state index in [2.05, 4.69) is 36.6 Å². The van der Waals surface area contributed by atoms with Crippen LogP contribution in [0.4, 0.5) is 4.39 Å². The van der Waals surface area contributed by atoms with Crippen molar-refractivity contribution in [2.45, 2.75) is 6.61 Å². The van der Waals surface area contributed by atoms with E-state index in [0.717, 1.165) is 15.6 Å². The number of aromatic amines is 1. The second kappa shape index (κ2) is 6.01. The van der Waals surface area contributed by atoms with E-state index in [9.17, 15) is 4.39 Å². The summed E-state index contributed by atoms with van der Waals surface area (Å²) >= 11 is 3.44. The van der Waals surface area contributed by atoms with Crippen molar-refractivity contribution in [2.24, 2.45) is 0 Å². The molecule has 3 aromatic rings. The van der Waals surface area contributed by atoms with Gasteiger partial charge in [-0.15, -0.1) is 10.2 Å². The summed E-state index contributed by atoms with van der Waals surface area (Å²) in [6, 6.07) is 11.8. The van der Waals surface area contributed by atoms with E-state index in [0.29, 0.717) is 11.6 Å². The zero-order valence-corrected chi connectivity index (χ0v) is 12.3. The van der Waals surface area contributed by atoms with Crippen LogP contribution >= 0.6 is 15.9 Å². The van der Waals surface area contributed by atoms with Crippen LogP contribution in [-0.2, 0) is 6.61 Å². The Labute approximate surface area is 128 Å². The highest BCUT2D eigenvalue weighted by atomic mass is 79.9. The number of ether oxygens (including phenoxy) is 1. The second-order valence-electron chi connectivity index (χ2n) is 4.30. The van der Waals surface area contributed by atoms with E-state index < -0.39 is 0 Å². The van der Waals surface area contributed by atoms with Crippen LogP contribution in [0.3, 0.4) is 0 Å². The molecule has 1 N–H and O–H groups in total. The topological polar surface area (TPSA) is 63.7 Å². The predicted molar refractivity (Wildman–Crippen MR) is 78.0 cm³/mol. The van der Waals surface area contributed by atoms with Crippen molar-refractivity contribution >= 4 is 15.9 Å². The first-order valence-electron chi connectivity index (χ1n) is 6.13. The highest BCUT2D eigenvalue weighted by Crippen LogP contribution is 2.29. The van der Waals surface area contributed by atoms with Gasteiger partial charge in [-0.2, -0.15) is 5.21 Å². The molecule has 0 unspecified atom stereocenters. The van der Waals surface area contributed by atoms with Gasteiger partial charge in [0.05, 0.1) is 4.47 Å². The highest BCUT2D eigenvalue weighted by Gasteiger charge is 2.08. The van der Waals surface area contributed by atoms with Crippen LogP contribution in [0.15, 0.2) is 46.9 Å². The summed E-state index contributed by atoms with van der Waals surface area (Å²) in [5.41, 5.74) is 1.58. The van der Waals surface area contributed by atoms with Gasteiger partial charge in [0.2, 0.25) is 5.82 Å². The van der Waals surface area contributed by atoms with Crippen LogP contribution < -0.4 is 4.74 Å². The average molecular weight is 349 g/mol. The molecule has 3 rings (SSSR count). The van der Waals surface area contributed by atoms with Crippen molar-refractivity contribution in [1.29, 1.82) is 0 Å². The van der Waals surface area contributed by atoms with Gasteiger partial charge in [0.1, 0.15) is 18.2 Å². The molecule has 2 aromatic carbocycles. The Morgan fingerprint density at radius 1 is 1.19 bits per heavy atom. The molecule has 0 aliphatic rings. The van der Waals surface area contributed by atoms with Gasteiger partial charge in [0.25, 0.3) is 0 Å². The fourth-order valence-corrected chi connectivity index (χ4v) is 2.32. The SMILES string of the molecule is Fc1cccc(COc2ccc(-c3nn[nH]n3)cc2Br)c1. The van der Waals surface area contributed by atoms with Gasteiger partial charge < -0.3 is 4.74 Å². The van der Waals surface area contributed by atoms with Crippen LogP contribution in [0.25, 0.3) is 11.4 Å². The number of H-pyrrole nitrogens is 1.